The average Bonchev–Trinajstić information content (AvgIpc) is 2.85. The Bertz CT molecular complexity index is 618. The van der Waals surface area contributed by atoms with E-state index in [9.17, 15) is 4.79 Å². The molecular weight excluding hydrogens is 282 g/mol. The van der Waals surface area contributed by atoms with Gasteiger partial charge in [-0.05, 0) is 38.0 Å². The highest BCUT2D eigenvalue weighted by atomic mass is 16.5. The summed E-state index contributed by atoms with van der Waals surface area (Å²) in [7, 11) is 1.57. The molecule has 0 fully saturated rings. The van der Waals surface area contributed by atoms with Gasteiger partial charge in [-0.3, -0.25) is 9.89 Å². The molecule has 0 aliphatic carbocycles. The Morgan fingerprint density at radius 3 is 2.64 bits per heavy atom. The van der Waals surface area contributed by atoms with Crippen LogP contribution in [0, 0.1) is 13.8 Å². The van der Waals surface area contributed by atoms with E-state index in [0.29, 0.717) is 18.0 Å². The van der Waals surface area contributed by atoms with Crippen LogP contribution >= 0.6 is 0 Å². The molecule has 2 rings (SSSR count). The third kappa shape index (κ3) is 4.00. The van der Waals surface area contributed by atoms with Gasteiger partial charge in [0.25, 0.3) is 5.91 Å². The topological polar surface area (TPSA) is 76.2 Å². The first-order valence-electron chi connectivity index (χ1n) is 7.14. The lowest BCUT2D eigenvalue weighted by Gasteiger charge is -2.10. The van der Waals surface area contributed by atoms with E-state index in [-0.39, 0.29) is 12.5 Å². The number of hydrogen-bond donors (Lipinski definition) is 2. The molecule has 0 radical (unpaired) electrons. The molecule has 0 saturated carbocycles. The van der Waals surface area contributed by atoms with E-state index < -0.39 is 0 Å². The third-order valence-electron chi connectivity index (χ3n) is 3.41. The Morgan fingerprint density at radius 2 is 2.00 bits per heavy atom. The number of carbonyl (C=O) groups is 1. The van der Waals surface area contributed by atoms with Gasteiger partial charge in [-0.1, -0.05) is 12.1 Å². The minimum atomic E-state index is -0.162. The second-order valence-corrected chi connectivity index (χ2v) is 4.95. The van der Waals surface area contributed by atoms with Crippen LogP contribution in [0.15, 0.2) is 24.3 Å². The number of carbonyl (C=O) groups excluding carboxylic acids is 1. The van der Waals surface area contributed by atoms with Crippen LogP contribution in [0.25, 0.3) is 0 Å². The fourth-order valence-electron chi connectivity index (χ4n) is 2.20. The molecule has 0 aliphatic heterocycles. The molecule has 1 aromatic carbocycles. The summed E-state index contributed by atoms with van der Waals surface area (Å²) in [6, 6.07) is 7.24. The highest BCUT2D eigenvalue weighted by Crippen LogP contribution is 2.25. The minimum absolute atomic E-state index is 0.0380. The van der Waals surface area contributed by atoms with Crippen molar-refractivity contribution in [2.24, 2.45) is 0 Å². The molecule has 2 N–H and O–H groups in total. The van der Waals surface area contributed by atoms with Gasteiger partial charge in [-0.15, -0.1) is 0 Å². The van der Waals surface area contributed by atoms with E-state index in [0.717, 1.165) is 23.4 Å². The molecule has 1 amide bonds. The molecule has 0 atom stereocenters. The van der Waals surface area contributed by atoms with E-state index in [1.165, 1.54) is 0 Å². The van der Waals surface area contributed by atoms with E-state index in [2.05, 4.69) is 15.5 Å². The lowest BCUT2D eigenvalue weighted by atomic mass is 10.1. The SMILES string of the molecule is COc1ccccc1OCC(=O)NCCc1c(C)n[nH]c1C. The number of aryl methyl sites for hydroxylation is 2. The zero-order chi connectivity index (χ0) is 15.9. The van der Waals surface area contributed by atoms with Crippen molar-refractivity contribution in [3.63, 3.8) is 0 Å². The minimum Gasteiger partial charge on any atom is -0.493 e. The smallest absolute Gasteiger partial charge is 0.257 e. The zero-order valence-electron chi connectivity index (χ0n) is 13.1. The van der Waals surface area contributed by atoms with Crippen molar-refractivity contribution in [2.75, 3.05) is 20.3 Å². The van der Waals surface area contributed by atoms with Crippen LogP contribution in [0.5, 0.6) is 11.5 Å². The van der Waals surface area contributed by atoms with Gasteiger partial charge in [0.05, 0.1) is 12.8 Å². The third-order valence-corrected chi connectivity index (χ3v) is 3.41. The fraction of sp³-hybridized carbons (Fsp3) is 0.375. The molecule has 0 aliphatic rings. The van der Waals surface area contributed by atoms with Crippen molar-refractivity contribution < 1.29 is 14.3 Å². The highest BCUT2D eigenvalue weighted by molar-refractivity contribution is 5.77. The number of nitrogens with one attached hydrogen (secondary N) is 2. The van der Waals surface area contributed by atoms with Crippen molar-refractivity contribution in [1.82, 2.24) is 15.5 Å². The van der Waals surface area contributed by atoms with Crippen molar-refractivity contribution in [1.29, 1.82) is 0 Å². The summed E-state index contributed by atoms with van der Waals surface area (Å²) < 4.78 is 10.6. The van der Waals surface area contributed by atoms with Crippen LogP contribution in [-0.2, 0) is 11.2 Å². The molecule has 6 nitrogen and oxygen atoms in total. The van der Waals surface area contributed by atoms with Crippen LogP contribution in [0.4, 0.5) is 0 Å². The first kappa shape index (κ1) is 15.9. The molecule has 1 heterocycles. The maximum atomic E-state index is 11.8. The number of rotatable bonds is 7. The quantitative estimate of drug-likeness (QED) is 0.817. The number of methoxy groups -OCH3 is 1. The molecule has 0 unspecified atom stereocenters. The Hall–Kier alpha value is -2.50. The number of amides is 1. The predicted molar refractivity (Wildman–Crippen MR) is 83.3 cm³/mol. The molecule has 22 heavy (non-hydrogen) atoms. The second kappa shape index (κ2) is 7.49. The van der Waals surface area contributed by atoms with E-state index in [4.69, 9.17) is 9.47 Å². The van der Waals surface area contributed by atoms with Gasteiger partial charge in [-0.2, -0.15) is 5.10 Å². The standard InChI is InChI=1S/C16H21N3O3/c1-11-13(12(2)19-18-11)8-9-17-16(20)10-22-15-7-5-4-6-14(15)21-3/h4-7H,8-10H2,1-3H3,(H,17,20)(H,18,19). The summed E-state index contributed by atoms with van der Waals surface area (Å²) in [4.78, 5) is 11.8. The average molecular weight is 303 g/mol. The van der Waals surface area contributed by atoms with Gasteiger partial charge >= 0.3 is 0 Å². The van der Waals surface area contributed by atoms with Gasteiger partial charge in [0, 0.05) is 12.2 Å². The Morgan fingerprint density at radius 1 is 1.27 bits per heavy atom. The van der Waals surface area contributed by atoms with Crippen molar-refractivity contribution in [3.8, 4) is 11.5 Å². The van der Waals surface area contributed by atoms with Gasteiger partial charge in [0.2, 0.25) is 0 Å². The fourth-order valence-corrected chi connectivity index (χ4v) is 2.20. The summed E-state index contributed by atoms with van der Waals surface area (Å²) in [5, 5.41) is 9.90. The van der Waals surface area contributed by atoms with Crippen molar-refractivity contribution in [2.45, 2.75) is 20.3 Å². The first-order valence-corrected chi connectivity index (χ1v) is 7.14. The van der Waals surface area contributed by atoms with Crippen molar-refractivity contribution >= 4 is 5.91 Å². The maximum absolute atomic E-state index is 11.8. The van der Waals surface area contributed by atoms with Gasteiger partial charge in [0.1, 0.15) is 0 Å². The molecule has 118 valence electrons. The predicted octanol–water partition coefficient (Wildman–Crippen LogP) is 1.77. The Labute approximate surface area is 129 Å². The second-order valence-electron chi connectivity index (χ2n) is 4.95. The van der Waals surface area contributed by atoms with Crippen LogP contribution in [0.3, 0.4) is 0 Å². The van der Waals surface area contributed by atoms with Crippen LogP contribution in [0.1, 0.15) is 17.0 Å². The number of aromatic nitrogens is 2. The molecule has 0 bridgehead atoms. The van der Waals surface area contributed by atoms with Gasteiger partial charge < -0.3 is 14.8 Å². The monoisotopic (exact) mass is 303 g/mol. The zero-order valence-corrected chi connectivity index (χ0v) is 13.1. The highest BCUT2D eigenvalue weighted by Gasteiger charge is 2.09. The summed E-state index contributed by atoms with van der Waals surface area (Å²) >= 11 is 0. The molecule has 6 heteroatoms. The molecule has 1 aromatic heterocycles. The van der Waals surface area contributed by atoms with Crippen LogP contribution in [0.2, 0.25) is 0 Å². The Balaban J connectivity index is 1.77. The number of benzene rings is 1. The van der Waals surface area contributed by atoms with Crippen molar-refractivity contribution in [3.05, 3.63) is 41.2 Å². The largest absolute Gasteiger partial charge is 0.493 e. The number of H-pyrrole nitrogens is 1. The summed E-state index contributed by atoms with van der Waals surface area (Å²) in [6.07, 6.45) is 0.745. The molecule has 2 aromatic rings. The molecular formula is C16H21N3O3. The number of nitrogens with zero attached hydrogens (tertiary/aromatic N) is 1. The lowest BCUT2D eigenvalue weighted by Crippen LogP contribution is -2.30. The van der Waals surface area contributed by atoms with Crippen LogP contribution < -0.4 is 14.8 Å². The molecule has 0 spiro atoms. The number of ether oxygens (including phenoxy) is 2. The number of aromatic amines is 1. The summed E-state index contributed by atoms with van der Waals surface area (Å²) in [6.45, 7) is 4.44. The van der Waals surface area contributed by atoms with Gasteiger partial charge in [0.15, 0.2) is 18.1 Å². The van der Waals surface area contributed by atoms with Crippen LogP contribution in [-0.4, -0.2) is 36.4 Å². The first-order chi connectivity index (χ1) is 10.6. The summed E-state index contributed by atoms with van der Waals surface area (Å²) in [5.41, 5.74) is 3.15. The Kier molecular flexibility index (Phi) is 5.41. The molecule has 0 saturated heterocycles. The van der Waals surface area contributed by atoms with E-state index in [1.54, 1.807) is 19.2 Å². The van der Waals surface area contributed by atoms with E-state index >= 15 is 0 Å². The maximum Gasteiger partial charge on any atom is 0.257 e. The normalized spacial score (nSPS) is 10.3. The number of hydrogen-bond acceptors (Lipinski definition) is 4. The number of para-hydroxylation sites is 2. The van der Waals surface area contributed by atoms with Gasteiger partial charge in [-0.25, -0.2) is 0 Å². The van der Waals surface area contributed by atoms with E-state index in [1.807, 2.05) is 26.0 Å². The lowest BCUT2D eigenvalue weighted by molar-refractivity contribution is -0.123. The summed E-state index contributed by atoms with van der Waals surface area (Å²) in [5.74, 6) is 1.01.